The number of halogens is 4. The van der Waals surface area contributed by atoms with Gasteiger partial charge in [-0.2, -0.15) is 18.3 Å². The van der Waals surface area contributed by atoms with Crippen LogP contribution in [0.3, 0.4) is 0 Å². The SMILES string of the molecule is CNCCC1CCN(C(=O)c2cnn(-c3ccc(F)cc3)c2C(F)(F)F)CC1. The standard InChI is InChI=1S/C19H22F4N4O/c1-24-9-6-13-7-10-26(11-8-13)18(28)16-12-25-27(17(16)19(21,22)23)15-4-2-14(20)3-5-15/h2-5,12-13,24H,6-11H2,1H3. The summed E-state index contributed by atoms with van der Waals surface area (Å²) in [4.78, 5) is 14.2. The second kappa shape index (κ2) is 8.30. The molecular weight excluding hydrogens is 376 g/mol. The van der Waals surface area contributed by atoms with Gasteiger partial charge in [0.05, 0.1) is 17.4 Å². The lowest BCUT2D eigenvalue weighted by atomic mass is 9.93. The van der Waals surface area contributed by atoms with E-state index < -0.39 is 29.2 Å². The molecule has 3 rings (SSSR count). The molecule has 1 fully saturated rings. The number of hydrogen-bond acceptors (Lipinski definition) is 3. The fourth-order valence-corrected chi connectivity index (χ4v) is 3.50. The Morgan fingerprint density at radius 1 is 1.21 bits per heavy atom. The predicted molar refractivity (Wildman–Crippen MR) is 95.7 cm³/mol. The molecule has 0 bridgehead atoms. The van der Waals surface area contributed by atoms with Gasteiger partial charge >= 0.3 is 6.18 Å². The molecule has 1 aromatic carbocycles. The summed E-state index contributed by atoms with van der Waals surface area (Å²) in [5.74, 6) is -0.782. The van der Waals surface area contributed by atoms with Crippen LogP contribution in [0.5, 0.6) is 0 Å². The zero-order valence-electron chi connectivity index (χ0n) is 15.5. The molecule has 0 saturated carbocycles. The lowest BCUT2D eigenvalue weighted by Crippen LogP contribution is -2.39. The summed E-state index contributed by atoms with van der Waals surface area (Å²) in [6.45, 7) is 1.72. The quantitative estimate of drug-likeness (QED) is 0.785. The second-order valence-electron chi connectivity index (χ2n) is 6.92. The van der Waals surface area contributed by atoms with Crippen LogP contribution in [-0.2, 0) is 6.18 Å². The minimum absolute atomic E-state index is 0.0403. The number of likely N-dealkylation sites (tertiary alicyclic amines) is 1. The van der Waals surface area contributed by atoms with Crippen molar-refractivity contribution >= 4 is 5.91 Å². The van der Waals surface area contributed by atoms with Crippen molar-refractivity contribution in [3.8, 4) is 5.69 Å². The Labute approximate surface area is 160 Å². The monoisotopic (exact) mass is 398 g/mol. The number of rotatable bonds is 5. The highest BCUT2D eigenvalue weighted by atomic mass is 19.4. The van der Waals surface area contributed by atoms with Crippen LogP contribution in [0.2, 0.25) is 0 Å². The van der Waals surface area contributed by atoms with E-state index in [0.717, 1.165) is 44.1 Å². The molecule has 2 aromatic rings. The van der Waals surface area contributed by atoms with Crippen molar-refractivity contribution in [2.45, 2.75) is 25.4 Å². The maximum absolute atomic E-state index is 13.7. The van der Waals surface area contributed by atoms with Crippen molar-refractivity contribution in [2.24, 2.45) is 5.92 Å². The molecule has 152 valence electrons. The number of nitrogens with one attached hydrogen (secondary N) is 1. The Morgan fingerprint density at radius 3 is 2.43 bits per heavy atom. The third kappa shape index (κ3) is 4.35. The van der Waals surface area contributed by atoms with Gasteiger partial charge < -0.3 is 10.2 Å². The molecule has 1 aliphatic rings. The molecule has 0 radical (unpaired) electrons. The van der Waals surface area contributed by atoms with Crippen LogP contribution in [0, 0.1) is 11.7 Å². The van der Waals surface area contributed by atoms with Crippen molar-refractivity contribution in [1.82, 2.24) is 20.0 Å². The highest BCUT2D eigenvalue weighted by Gasteiger charge is 2.41. The van der Waals surface area contributed by atoms with Crippen LogP contribution >= 0.6 is 0 Å². The summed E-state index contributed by atoms with van der Waals surface area (Å²) in [6.07, 6.45) is -1.32. The Morgan fingerprint density at radius 2 is 1.86 bits per heavy atom. The van der Waals surface area contributed by atoms with Crippen LogP contribution in [0.1, 0.15) is 35.3 Å². The zero-order valence-corrected chi connectivity index (χ0v) is 15.5. The number of alkyl halides is 3. The second-order valence-corrected chi connectivity index (χ2v) is 6.92. The first-order valence-corrected chi connectivity index (χ1v) is 9.16. The molecule has 0 unspecified atom stereocenters. The average Bonchev–Trinajstić information content (AvgIpc) is 3.12. The third-order valence-corrected chi connectivity index (χ3v) is 5.04. The van der Waals surface area contributed by atoms with E-state index in [1.807, 2.05) is 7.05 Å². The van der Waals surface area contributed by atoms with Crippen LogP contribution in [-0.4, -0.2) is 47.3 Å². The summed E-state index contributed by atoms with van der Waals surface area (Å²) in [5.41, 5.74) is -1.58. The lowest BCUT2D eigenvalue weighted by Gasteiger charge is -2.32. The van der Waals surface area contributed by atoms with Crippen LogP contribution in [0.25, 0.3) is 5.69 Å². The van der Waals surface area contributed by atoms with Crippen molar-refractivity contribution in [1.29, 1.82) is 0 Å². The molecule has 1 aliphatic heterocycles. The number of aromatic nitrogens is 2. The number of piperidine rings is 1. The molecule has 1 aromatic heterocycles. The number of benzene rings is 1. The minimum Gasteiger partial charge on any atom is -0.339 e. The van der Waals surface area contributed by atoms with E-state index in [1.165, 1.54) is 17.0 Å². The maximum atomic E-state index is 13.7. The maximum Gasteiger partial charge on any atom is 0.434 e. The molecule has 0 spiro atoms. The van der Waals surface area contributed by atoms with Gasteiger partial charge in [0, 0.05) is 13.1 Å². The Kier molecular flexibility index (Phi) is 6.02. The van der Waals surface area contributed by atoms with E-state index in [4.69, 9.17) is 0 Å². The van der Waals surface area contributed by atoms with E-state index in [-0.39, 0.29) is 5.69 Å². The average molecular weight is 398 g/mol. The molecule has 1 amide bonds. The van der Waals surface area contributed by atoms with Gasteiger partial charge in [-0.25, -0.2) is 9.07 Å². The third-order valence-electron chi connectivity index (χ3n) is 5.04. The van der Waals surface area contributed by atoms with Crippen LogP contribution in [0.15, 0.2) is 30.5 Å². The molecule has 0 atom stereocenters. The van der Waals surface area contributed by atoms with E-state index >= 15 is 0 Å². The van der Waals surface area contributed by atoms with Gasteiger partial charge in [0.25, 0.3) is 5.91 Å². The van der Waals surface area contributed by atoms with Gasteiger partial charge in [0.1, 0.15) is 5.82 Å². The fraction of sp³-hybridized carbons (Fsp3) is 0.474. The van der Waals surface area contributed by atoms with Crippen molar-refractivity contribution in [3.63, 3.8) is 0 Å². The lowest BCUT2D eigenvalue weighted by molar-refractivity contribution is -0.143. The van der Waals surface area contributed by atoms with E-state index in [1.54, 1.807) is 0 Å². The molecule has 5 nitrogen and oxygen atoms in total. The van der Waals surface area contributed by atoms with Gasteiger partial charge in [-0.1, -0.05) is 0 Å². The molecule has 1 N–H and O–H groups in total. The first-order chi connectivity index (χ1) is 13.3. The number of nitrogens with zero attached hydrogens (tertiary/aromatic N) is 3. The minimum atomic E-state index is -4.78. The van der Waals surface area contributed by atoms with E-state index in [2.05, 4.69) is 10.4 Å². The van der Waals surface area contributed by atoms with Crippen LogP contribution in [0.4, 0.5) is 17.6 Å². The molecule has 9 heteroatoms. The van der Waals surface area contributed by atoms with Crippen molar-refractivity contribution in [2.75, 3.05) is 26.7 Å². The van der Waals surface area contributed by atoms with Gasteiger partial charge in [-0.05, 0) is 63.0 Å². The van der Waals surface area contributed by atoms with E-state index in [9.17, 15) is 22.4 Å². The number of carbonyl (C=O) groups excluding carboxylic acids is 1. The summed E-state index contributed by atoms with van der Waals surface area (Å²) in [7, 11) is 1.87. The number of hydrogen-bond donors (Lipinski definition) is 1. The topological polar surface area (TPSA) is 50.2 Å². The van der Waals surface area contributed by atoms with Gasteiger partial charge in [-0.15, -0.1) is 0 Å². The Balaban J connectivity index is 1.84. The van der Waals surface area contributed by atoms with Crippen molar-refractivity contribution < 1.29 is 22.4 Å². The predicted octanol–water partition coefficient (Wildman–Crippen LogP) is 3.49. The Hall–Kier alpha value is -2.42. The van der Waals surface area contributed by atoms with Crippen molar-refractivity contribution in [3.05, 3.63) is 47.5 Å². The largest absolute Gasteiger partial charge is 0.434 e. The molecule has 28 heavy (non-hydrogen) atoms. The highest BCUT2D eigenvalue weighted by molar-refractivity contribution is 5.95. The number of amides is 1. The first kappa shape index (κ1) is 20.3. The summed E-state index contributed by atoms with van der Waals surface area (Å²) >= 11 is 0. The summed E-state index contributed by atoms with van der Waals surface area (Å²) in [6, 6.07) is 4.49. The van der Waals surface area contributed by atoms with Crippen LogP contribution < -0.4 is 5.32 Å². The Bertz CT molecular complexity index is 808. The van der Waals surface area contributed by atoms with E-state index in [0.29, 0.717) is 23.7 Å². The molecule has 0 aliphatic carbocycles. The highest BCUT2D eigenvalue weighted by Crippen LogP contribution is 2.34. The normalized spacial score (nSPS) is 15.8. The fourth-order valence-electron chi connectivity index (χ4n) is 3.50. The summed E-state index contributed by atoms with van der Waals surface area (Å²) < 4.78 is 54.9. The van der Waals surface area contributed by atoms with Gasteiger partial charge in [-0.3, -0.25) is 4.79 Å². The molecular formula is C19H22F4N4O. The first-order valence-electron chi connectivity index (χ1n) is 9.16. The van der Waals surface area contributed by atoms with Gasteiger partial charge in [0.15, 0.2) is 5.69 Å². The summed E-state index contributed by atoms with van der Waals surface area (Å²) in [5, 5.41) is 6.85. The zero-order chi connectivity index (χ0) is 20.3. The molecule has 2 heterocycles. The molecule has 1 saturated heterocycles. The van der Waals surface area contributed by atoms with Gasteiger partial charge in [0.2, 0.25) is 0 Å². The number of carbonyl (C=O) groups is 1. The smallest absolute Gasteiger partial charge is 0.339 e.